The van der Waals surface area contributed by atoms with Gasteiger partial charge in [0.2, 0.25) is 0 Å². The van der Waals surface area contributed by atoms with Gasteiger partial charge in [-0.25, -0.2) is 0 Å². The van der Waals surface area contributed by atoms with Crippen LogP contribution in [0.4, 0.5) is 0 Å². The molecule has 1 aromatic rings. The summed E-state index contributed by atoms with van der Waals surface area (Å²) in [6, 6.07) is 4.59. The van der Waals surface area contributed by atoms with Crippen LogP contribution in [0.1, 0.15) is 25.6 Å². The van der Waals surface area contributed by atoms with Gasteiger partial charge in [0.1, 0.15) is 0 Å². The lowest BCUT2D eigenvalue weighted by Gasteiger charge is -2.29. The Morgan fingerprint density at radius 1 is 1.33 bits per heavy atom. The second-order valence-corrected chi connectivity index (χ2v) is 4.36. The van der Waals surface area contributed by atoms with Crippen molar-refractivity contribution < 1.29 is 0 Å². The Kier molecular flexibility index (Phi) is 4.85. The summed E-state index contributed by atoms with van der Waals surface area (Å²) in [7, 11) is 4.04. The molecule has 15 heavy (non-hydrogen) atoms. The van der Waals surface area contributed by atoms with Gasteiger partial charge in [0, 0.05) is 11.9 Å². The molecule has 2 atom stereocenters. The van der Waals surface area contributed by atoms with Crippen molar-refractivity contribution in [3.05, 3.63) is 24.0 Å². The van der Waals surface area contributed by atoms with E-state index in [0.29, 0.717) is 17.9 Å². The molecule has 1 aromatic heterocycles. The maximum Gasteiger partial charge on any atom is 0.0513 e. The lowest BCUT2D eigenvalue weighted by Crippen LogP contribution is -2.35. The van der Waals surface area contributed by atoms with E-state index >= 15 is 0 Å². The van der Waals surface area contributed by atoms with E-state index in [4.69, 9.17) is 0 Å². The van der Waals surface area contributed by atoms with E-state index in [2.05, 4.69) is 41.6 Å². The fraction of sp³-hybridized carbons (Fsp3) is 0.667. The first kappa shape index (κ1) is 12.3. The molecule has 86 valence electrons. The zero-order valence-corrected chi connectivity index (χ0v) is 10.2. The smallest absolute Gasteiger partial charge is 0.0513 e. The normalized spacial score (nSPS) is 15.5. The Bertz CT molecular complexity index is 254. The topological polar surface area (TPSA) is 39.8 Å². The number of aromatic amines is 1. The van der Waals surface area contributed by atoms with E-state index in [1.807, 2.05) is 20.3 Å². The number of aromatic nitrogens is 1. The van der Waals surface area contributed by atoms with Crippen molar-refractivity contribution in [2.75, 3.05) is 20.6 Å². The zero-order chi connectivity index (χ0) is 11.3. The first-order valence-electron chi connectivity index (χ1n) is 5.65. The largest absolute Gasteiger partial charge is 0.364 e. The molecule has 0 saturated heterocycles. The molecule has 0 saturated carbocycles. The van der Waals surface area contributed by atoms with Gasteiger partial charge in [-0.1, -0.05) is 13.8 Å². The van der Waals surface area contributed by atoms with Crippen LogP contribution in [0.2, 0.25) is 0 Å². The van der Waals surface area contributed by atoms with E-state index in [1.165, 1.54) is 5.69 Å². The Labute approximate surface area is 92.7 Å². The molecular formula is C12H23N3. The molecule has 0 spiro atoms. The summed E-state index contributed by atoms with van der Waals surface area (Å²) in [5.74, 6) is 1.25. The van der Waals surface area contributed by atoms with E-state index in [0.717, 1.165) is 6.54 Å². The number of hydrogen-bond acceptors (Lipinski definition) is 2. The fourth-order valence-electron chi connectivity index (χ4n) is 2.11. The van der Waals surface area contributed by atoms with E-state index < -0.39 is 0 Å². The van der Waals surface area contributed by atoms with Gasteiger partial charge in [0.15, 0.2) is 0 Å². The van der Waals surface area contributed by atoms with Crippen LogP contribution < -0.4 is 10.6 Å². The van der Waals surface area contributed by atoms with Gasteiger partial charge in [-0.2, -0.15) is 0 Å². The quantitative estimate of drug-likeness (QED) is 0.668. The standard InChI is InChI=1S/C12H23N3/c1-9(2)10(8-13-3)12(14-4)11-6-5-7-15-11/h5-7,9-10,12-15H,8H2,1-4H3. The molecule has 0 fully saturated rings. The highest BCUT2D eigenvalue weighted by molar-refractivity contribution is 5.10. The van der Waals surface area contributed by atoms with Gasteiger partial charge in [-0.3, -0.25) is 0 Å². The molecule has 3 nitrogen and oxygen atoms in total. The third kappa shape index (κ3) is 3.08. The van der Waals surface area contributed by atoms with Crippen LogP contribution >= 0.6 is 0 Å². The lowest BCUT2D eigenvalue weighted by atomic mass is 9.86. The fourth-order valence-corrected chi connectivity index (χ4v) is 2.11. The zero-order valence-electron chi connectivity index (χ0n) is 10.2. The molecule has 0 radical (unpaired) electrons. The van der Waals surface area contributed by atoms with Crippen LogP contribution in [0.5, 0.6) is 0 Å². The number of hydrogen-bond donors (Lipinski definition) is 3. The molecule has 0 aliphatic rings. The highest BCUT2D eigenvalue weighted by atomic mass is 14.9. The Morgan fingerprint density at radius 2 is 2.07 bits per heavy atom. The third-order valence-corrected chi connectivity index (χ3v) is 2.99. The van der Waals surface area contributed by atoms with E-state index in [1.54, 1.807) is 0 Å². The first-order valence-corrected chi connectivity index (χ1v) is 5.65. The SMILES string of the molecule is CNCC(C(C)C)C(NC)c1ccc[nH]1. The lowest BCUT2D eigenvalue weighted by molar-refractivity contribution is 0.281. The Hall–Kier alpha value is -0.800. The van der Waals surface area contributed by atoms with Gasteiger partial charge < -0.3 is 15.6 Å². The van der Waals surface area contributed by atoms with E-state index in [9.17, 15) is 0 Å². The van der Waals surface area contributed by atoms with Crippen molar-refractivity contribution in [1.82, 2.24) is 15.6 Å². The highest BCUT2D eigenvalue weighted by Crippen LogP contribution is 2.26. The van der Waals surface area contributed by atoms with Crippen molar-refractivity contribution >= 4 is 0 Å². The highest BCUT2D eigenvalue weighted by Gasteiger charge is 2.24. The molecule has 0 bridgehead atoms. The summed E-state index contributed by atoms with van der Waals surface area (Å²) in [4.78, 5) is 3.29. The van der Waals surface area contributed by atoms with Gasteiger partial charge in [-0.15, -0.1) is 0 Å². The summed E-state index contributed by atoms with van der Waals surface area (Å²) in [5.41, 5.74) is 1.27. The summed E-state index contributed by atoms with van der Waals surface area (Å²) in [6.45, 7) is 5.58. The van der Waals surface area contributed by atoms with Crippen molar-refractivity contribution in [3.63, 3.8) is 0 Å². The van der Waals surface area contributed by atoms with Crippen LogP contribution in [0.3, 0.4) is 0 Å². The monoisotopic (exact) mass is 209 g/mol. The van der Waals surface area contributed by atoms with Gasteiger partial charge in [0.05, 0.1) is 6.04 Å². The minimum Gasteiger partial charge on any atom is -0.364 e. The van der Waals surface area contributed by atoms with Crippen LogP contribution in [-0.2, 0) is 0 Å². The van der Waals surface area contributed by atoms with Crippen LogP contribution in [0.15, 0.2) is 18.3 Å². The average molecular weight is 209 g/mol. The average Bonchev–Trinajstić information content (AvgIpc) is 2.71. The Morgan fingerprint density at radius 3 is 2.47 bits per heavy atom. The molecule has 0 aliphatic carbocycles. The summed E-state index contributed by atoms with van der Waals surface area (Å²) in [5, 5.41) is 6.67. The first-order chi connectivity index (χ1) is 7.20. The predicted octanol–water partition coefficient (Wildman–Crippen LogP) is 1.77. The minimum absolute atomic E-state index is 0.396. The molecule has 0 amide bonds. The van der Waals surface area contributed by atoms with Crippen molar-refractivity contribution in [1.29, 1.82) is 0 Å². The number of nitrogens with one attached hydrogen (secondary N) is 3. The summed E-state index contributed by atoms with van der Waals surface area (Å²) in [6.07, 6.45) is 1.98. The second-order valence-electron chi connectivity index (χ2n) is 4.36. The van der Waals surface area contributed by atoms with Crippen molar-refractivity contribution in [2.24, 2.45) is 11.8 Å². The van der Waals surface area contributed by atoms with Crippen molar-refractivity contribution in [3.8, 4) is 0 Å². The van der Waals surface area contributed by atoms with Crippen LogP contribution in [0.25, 0.3) is 0 Å². The van der Waals surface area contributed by atoms with Gasteiger partial charge in [-0.05, 0) is 44.6 Å². The van der Waals surface area contributed by atoms with Crippen molar-refractivity contribution in [2.45, 2.75) is 19.9 Å². The van der Waals surface area contributed by atoms with Gasteiger partial charge >= 0.3 is 0 Å². The maximum atomic E-state index is 3.40. The maximum absolute atomic E-state index is 3.40. The predicted molar refractivity (Wildman–Crippen MR) is 64.8 cm³/mol. The van der Waals surface area contributed by atoms with Crippen LogP contribution in [-0.4, -0.2) is 25.6 Å². The summed E-state index contributed by atoms with van der Waals surface area (Å²) >= 11 is 0. The second kappa shape index (κ2) is 5.93. The number of rotatable bonds is 6. The van der Waals surface area contributed by atoms with E-state index in [-0.39, 0.29) is 0 Å². The number of H-pyrrole nitrogens is 1. The molecule has 0 aliphatic heterocycles. The molecule has 1 rings (SSSR count). The minimum atomic E-state index is 0.396. The Balaban J connectivity index is 2.78. The third-order valence-electron chi connectivity index (χ3n) is 2.99. The molecule has 1 heterocycles. The molecule has 2 unspecified atom stereocenters. The van der Waals surface area contributed by atoms with Gasteiger partial charge in [0.25, 0.3) is 0 Å². The molecule has 3 N–H and O–H groups in total. The molecule has 0 aromatic carbocycles. The molecular weight excluding hydrogens is 186 g/mol. The molecule has 3 heteroatoms. The summed E-state index contributed by atoms with van der Waals surface area (Å²) < 4.78 is 0. The van der Waals surface area contributed by atoms with Crippen LogP contribution in [0, 0.1) is 11.8 Å².